The van der Waals surface area contributed by atoms with Crippen molar-refractivity contribution in [2.24, 2.45) is 0 Å². The molecule has 0 saturated heterocycles. The van der Waals surface area contributed by atoms with Crippen LogP contribution in [-0.4, -0.2) is 40.4 Å². The third kappa shape index (κ3) is 5.64. The summed E-state index contributed by atoms with van der Waals surface area (Å²) in [5, 5.41) is 4.57. The van der Waals surface area contributed by atoms with Gasteiger partial charge in [0.2, 0.25) is 10.0 Å². The Labute approximate surface area is 224 Å². The van der Waals surface area contributed by atoms with Crippen molar-refractivity contribution in [1.29, 1.82) is 0 Å². The third-order valence-electron chi connectivity index (χ3n) is 5.64. The molecule has 1 aliphatic heterocycles. The van der Waals surface area contributed by atoms with Gasteiger partial charge < -0.3 is 10.1 Å². The molecule has 4 aromatic rings. The van der Waals surface area contributed by atoms with E-state index in [0.29, 0.717) is 16.9 Å². The lowest BCUT2D eigenvalue weighted by Gasteiger charge is -2.34. The number of benzene rings is 3. The highest BCUT2D eigenvalue weighted by atomic mass is 32.2. The number of fused-ring (bicyclic) bond motifs is 1. The number of carbonyl (C=O) groups is 1. The molecule has 10 nitrogen and oxygen atoms in total. The molecule has 1 amide bonds. The van der Waals surface area contributed by atoms with E-state index in [9.17, 15) is 21.6 Å². The second kappa shape index (κ2) is 10.4. The van der Waals surface area contributed by atoms with Crippen LogP contribution in [0.5, 0.6) is 5.75 Å². The van der Waals surface area contributed by atoms with Crippen molar-refractivity contribution >= 4 is 53.8 Å². The van der Waals surface area contributed by atoms with Gasteiger partial charge in [-0.05, 0) is 42.0 Å². The molecule has 0 unspecified atom stereocenters. The zero-order valence-electron chi connectivity index (χ0n) is 19.7. The molecule has 2 N–H and O–H groups in total. The van der Waals surface area contributed by atoms with Gasteiger partial charge in [0.25, 0.3) is 15.9 Å². The summed E-state index contributed by atoms with van der Waals surface area (Å²) in [5.74, 6) is -0.539. The quantitative estimate of drug-likeness (QED) is 0.330. The molecule has 0 saturated carbocycles. The van der Waals surface area contributed by atoms with Crippen LogP contribution in [0.1, 0.15) is 5.56 Å². The molecule has 0 spiro atoms. The fraction of sp³-hybridized carbons (Fsp3) is 0.120. The minimum Gasteiger partial charge on any atom is -0.476 e. The predicted octanol–water partition coefficient (Wildman–Crippen LogP) is 3.68. The second-order valence-corrected chi connectivity index (χ2v) is 12.8. The highest BCUT2D eigenvalue weighted by Gasteiger charge is 2.36. The molecule has 13 heteroatoms. The Balaban J connectivity index is 1.32. The first-order chi connectivity index (χ1) is 18.2. The van der Waals surface area contributed by atoms with Crippen LogP contribution in [-0.2, 0) is 30.6 Å². The van der Waals surface area contributed by atoms with Crippen molar-refractivity contribution in [3.8, 4) is 5.75 Å². The Morgan fingerprint density at radius 1 is 0.974 bits per heavy atom. The Morgan fingerprint density at radius 2 is 1.68 bits per heavy atom. The second-order valence-electron chi connectivity index (χ2n) is 8.30. The normalized spacial score (nSPS) is 15.3. The van der Waals surface area contributed by atoms with E-state index >= 15 is 0 Å². The first-order valence-corrected chi connectivity index (χ1v) is 15.3. The van der Waals surface area contributed by atoms with Crippen molar-refractivity contribution < 1.29 is 26.4 Å². The van der Waals surface area contributed by atoms with E-state index < -0.39 is 32.1 Å². The number of rotatable bonds is 8. The molecular formula is C25H22N4O6S3. The van der Waals surface area contributed by atoms with E-state index in [1.807, 2.05) is 0 Å². The number of nitrogens with one attached hydrogen (secondary N) is 2. The van der Waals surface area contributed by atoms with Crippen LogP contribution < -0.4 is 19.1 Å². The van der Waals surface area contributed by atoms with Gasteiger partial charge in [-0.25, -0.2) is 21.8 Å². The largest absolute Gasteiger partial charge is 0.476 e. The van der Waals surface area contributed by atoms with Crippen LogP contribution in [0, 0.1) is 0 Å². The van der Waals surface area contributed by atoms with Crippen LogP contribution in [0.25, 0.3) is 0 Å². The number of carbonyl (C=O) groups excluding carboxylic acids is 1. The molecule has 3 aromatic carbocycles. The van der Waals surface area contributed by atoms with Gasteiger partial charge in [0.05, 0.1) is 22.9 Å². The smallest absolute Gasteiger partial charge is 0.267 e. The number of amides is 1. The summed E-state index contributed by atoms with van der Waals surface area (Å²) in [7, 11) is -7.68. The van der Waals surface area contributed by atoms with Crippen molar-refractivity contribution in [3.05, 3.63) is 96.0 Å². The maximum Gasteiger partial charge on any atom is 0.267 e. The Morgan fingerprint density at radius 3 is 2.39 bits per heavy atom. The average molecular weight is 571 g/mol. The summed E-state index contributed by atoms with van der Waals surface area (Å²) in [4.78, 5) is 17.0. The number of aromatic nitrogens is 1. The summed E-state index contributed by atoms with van der Waals surface area (Å²) in [6.07, 6.45) is 0.353. The zero-order valence-corrected chi connectivity index (χ0v) is 22.2. The number of nitrogens with zero attached hydrogens (tertiary/aromatic N) is 2. The number of hydrogen-bond acceptors (Lipinski definition) is 8. The van der Waals surface area contributed by atoms with Gasteiger partial charge in [-0.1, -0.05) is 42.5 Å². The van der Waals surface area contributed by atoms with Gasteiger partial charge in [0.1, 0.15) is 5.75 Å². The minimum atomic E-state index is -3.84. The van der Waals surface area contributed by atoms with E-state index in [2.05, 4.69) is 15.0 Å². The van der Waals surface area contributed by atoms with E-state index in [4.69, 9.17) is 4.74 Å². The Hall–Kier alpha value is -3.94. The first-order valence-electron chi connectivity index (χ1n) is 11.3. The summed E-state index contributed by atoms with van der Waals surface area (Å²) in [6, 6.07) is 21.0. The molecule has 0 radical (unpaired) electrons. The van der Waals surface area contributed by atoms with E-state index in [0.717, 1.165) is 11.3 Å². The number of hydrogen-bond donors (Lipinski definition) is 2. The zero-order chi connectivity index (χ0) is 26.8. The molecule has 5 rings (SSSR count). The summed E-state index contributed by atoms with van der Waals surface area (Å²) in [6.45, 7) is -0.220. The van der Waals surface area contributed by atoms with Crippen molar-refractivity contribution in [3.63, 3.8) is 0 Å². The van der Waals surface area contributed by atoms with Crippen molar-refractivity contribution in [1.82, 2.24) is 4.98 Å². The van der Waals surface area contributed by atoms with Crippen LogP contribution in [0.2, 0.25) is 0 Å². The molecule has 1 aliphatic rings. The number of anilines is 3. The molecule has 0 aliphatic carbocycles. The fourth-order valence-corrected chi connectivity index (χ4v) is 7.22. The molecule has 1 atom stereocenters. The van der Waals surface area contributed by atoms with Crippen LogP contribution in [0.4, 0.5) is 16.5 Å². The number of thiazole rings is 1. The topological polar surface area (TPSA) is 135 Å². The van der Waals surface area contributed by atoms with Gasteiger partial charge in [0, 0.05) is 17.3 Å². The maximum absolute atomic E-state index is 13.4. The lowest BCUT2D eigenvalue weighted by Crippen LogP contribution is -2.49. The Bertz CT molecular complexity index is 1640. The third-order valence-corrected chi connectivity index (χ3v) is 9.53. The van der Waals surface area contributed by atoms with Gasteiger partial charge in [-0.15, -0.1) is 11.3 Å². The fourth-order valence-electron chi connectivity index (χ4n) is 3.85. The lowest BCUT2D eigenvalue weighted by atomic mass is 10.2. The van der Waals surface area contributed by atoms with Crippen LogP contribution >= 0.6 is 11.3 Å². The van der Waals surface area contributed by atoms with E-state index in [1.165, 1.54) is 34.8 Å². The highest BCUT2D eigenvalue weighted by molar-refractivity contribution is 7.93. The van der Waals surface area contributed by atoms with Gasteiger partial charge in [0.15, 0.2) is 11.2 Å². The van der Waals surface area contributed by atoms with E-state index in [-0.39, 0.29) is 28.1 Å². The minimum absolute atomic E-state index is 0.00766. The SMILES string of the molecule is O=C(Nc1ccc(S(=O)(=O)Nc2nccs2)cc1)[C@@H]1CN(S(=O)(=O)Cc2ccccc2)c2ccccc2O1. The maximum atomic E-state index is 13.4. The summed E-state index contributed by atoms with van der Waals surface area (Å²) >= 11 is 1.15. The standard InChI is InChI=1S/C25H22N4O6S3/c30-24(27-19-10-12-20(13-11-19)38(33,34)28-25-26-14-15-36-25)23-16-29(21-8-4-5-9-22(21)35-23)37(31,32)17-18-6-2-1-3-7-18/h1-15,23H,16-17H2,(H,26,28)(H,27,30)/t23-/m0/s1. The summed E-state index contributed by atoms with van der Waals surface area (Å²) < 4.78 is 61.2. The number of sulfonamides is 2. The van der Waals surface area contributed by atoms with E-state index in [1.54, 1.807) is 60.0 Å². The van der Waals surface area contributed by atoms with Crippen molar-refractivity contribution in [2.75, 3.05) is 20.9 Å². The lowest BCUT2D eigenvalue weighted by molar-refractivity contribution is -0.122. The van der Waals surface area contributed by atoms with Gasteiger partial charge in [-0.2, -0.15) is 0 Å². The molecule has 0 bridgehead atoms. The molecular weight excluding hydrogens is 548 g/mol. The highest BCUT2D eigenvalue weighted by Crippen LogP contribution is 2.36. The van der Waals surface area contributed by atoms with Crippen LogP contribution in [0.3, 0.4) is 0 Å². The molecule has 38 heavy (non-hydrogen) atoms. The Kier molecular flexibility index (Phi) is 7.06. The number of para-hydroxylation sites is 2. The molecule has 1 aromatic heterocycles. The van der Waals surface area contributed by atoms with Crippen molar-refractivity contribution in [2.45, 2.75) is 16.8 Å². The average Bonchev–Trinajstić information content (AvgIpc) is 3.41. The molecule has 0 fully saturated rings. The molecule has 196 valence electrons. The molecule has 2 heterocycles. The predicted molar refractivity (Wildman–Crippen MR) is 145 cm³/mol. The van der Waals surface area contributed by atoms with Gasteiger partial charge >= 0.3 is 0 Å². The monoisotopic (exact) mass is 570 g/mol. The first kappa shape index (κ1) is 25.7. The van der Waals surface area contributed by atoms with Gasteiger partial charge in [-0.3, -0.25) is 13.8 Å². The number of ether oxygens (including phenoxy) is 1. The van der Waals surface area contributed by atoms with Crippen LogP contribution in [0.15, 0.2) is 95.3 Å². The summed E-state index contributed by atoms with van der Waals surface area (Å²) in [5.41, 5.74) is 1.30.